The number of morpholine rings is 1. The zero-order valence-electron chi connectivity index (χ0n) is 12.2. The molecule has 1 fully saturated rings. The van der Waals surface area contributed by atoms with Crippen LogP contribution in [0.25, 0.3) is 0 Å². The number of rotatable bonds is 4. The lowest BCUT2D eigenvalue weighted by molar-refractivity contribution is 0.0730. The first-order valence-electron chi connectivity index (χ1n) is 6.81. The summed E-state index contributed by atoms with van der Waals surface area (Å²) in [5.74, 6) is 2.39. The van der Waals surface area contributed by atoms with E-state index in [4.69, 9.17) is 35.0 Å². The van der Waals surface area contributed by atoms with Crippen LogP contribution in [0.2, 0.25) is 5.02 Å². The zero-order valence-corrected chi connectivity index (χ0v) is 14.6. The third-order valence-electron chi connectivity index (χ3n) is 3.14. The second-order valence-corrected chi connectivity index (χ2v) is 7.42. The van der Waals surface area contributed by atoms with Crippen LogP contribution in [0.1, 0.15) is 0 Å². The SMILES string of the molecule is C#CCNC(=S)Nc1cc(S(=O)(=O)N2CCOCC2)ccc1Cl. The average Bonchev–Trinajstić information content (AvgIpc) is 2.55. The summed E-state index contributed by atoms with van der Waals surface area (Å²) in [4.78, 5) is 0.144. The van der Waals surface area contributed by atoms with E-state index in [0.29, 0.717) is 37.0 Å². The number of nitrogens with one attached hydrogen (secondary N) is 2. The summed E-state index contributed by atoms with van der Waals surface area (Å²) in [5.41, 5.74) is 0.399. The molecule has 0 unspecified atom stereocenters. The number of halogens is 1. The van der Waals surface area contributed by atoms with Gasteiger partial charge in [-0.25, -0.2) is 8.42 Å². The van der Waals surface area contributed by atoms with E-state index < -0.39 is 10.0 Å². The van der Waals surface area contributed by atoms with Gasteiger partial charge in [-0.05, 0) is 30.4 Å². The molecule has 1 aliphatic rings. The Labute approximate surface area is 146 Å². The third kappa shape index (κ3) is 4.56. The molecule has 1 aliphatic heterocycles. The number of thiocarbonyl (C=S) groups is 1. The molecule has 1 heterocycles. The topological polar surface area (TPSA) is 70.7 Å². The highest BCUT2D eigenvalue weighted by atomic mass is 35.5. The van der Waals surface area contributed by atoms with E-state index in [1.807, 2.05) is 0 Å². The van der Waals surface area contributed by atoms with Crippen LogP contribution in [0.5, 0.6) is 0 Å². The average molecular weight is 374 g/mol. The molecule has 0 bridgehead atoms. The van der Waals surface area contributed by atoms with Crippen molar-refractivity contribution in [3.8, 4) is 12.3 Å². The fourth-order valence-corrected chi connectivity index (χ4v) is 3.78. The predicted octanol–water partition coefficient (Wildman–Crippen LogP) is 1.28. The highest BCUT2D eigenvalue weighted by Gasteiger charge is 2.26. The fraction of sp³-hybridized carbons (Fsp3) is 0.357. The molecule has 1 aromatic rings. The van der Waals surface area contributed by atoms with E-state index in [0.717, 1.165) is 0 Å². The van der Waals surface area contributed by atoms with Gasteiger partial charge < -0.3 is 15.4 Å². The first-order chi connectivity index (χ1) is 10.9. The van der Waals surface area contributed by atoms with Gasteiger partial charge in [0.1, 0.15) is 0 Å². The van der Waals surface area contributed by atoms with Crippen LogP contribution < -0.4 is 10.6 Å². The minimum absolute atomic E-state index is 0.144. The first kappa shape index (κ1) is 18.0. The van der Waals surface area contributed by atoms with Crippen molar-refractivity contribution in [3.05, 3.63) is 23.2 Å². The van der Waals surface area contributed by atoms with Crippen LogP contribution in [0.3, 0.4) is 0 Å². The second-order valence-electron chi connectivity index (χ2n) is 4.67. The molecule has 124 valence electrons. The van der Waals surface area contributed by atoms with Gasteiger partial charge in [0, 0.05) is 13.1 Å². The van der Waals surface area contributed by atoms with Crippen molar-refractivity contribution in [3.63, 3.8) is 0 Å². The predicted molar refractivity (Wildman–Crippen MR) is 94.1 cm³/mol. The molecule has 0 amide bonds. The number of hydrogen-bond donors (Lipinski definition) is 2. The highest BCUT2D eigenvalue weighted by Crippen LogP contribution is 2.27. The number of ether oxygens (including phenoxy) is 1. The molecule has 0 spiro atoms. The molecule has 0 radical (unpaired) electrons. The number of nitrogens with zero attached hydrogens (tertiary/aromatic N) is 1. The maximum Gasteiger partial charge on any atom is 0.243 e. The summed E-state index contributed by atoms with van der Waals surface area (Å²) in [5, 5.41) is 6.25. The molecule has 1 aromatic carbocycles. The van der Waals surface area contributed by atoms with Crippen molar-refractivity contribution in [1.29, 1.82) is 0 Å². The van der Waals surface area contributed by atoms with Crippen molar-refractivity contribution in [2.75, 3.05) is 38.2 Å². The summed E-state index contributed by atoms with van der Waals surface area (Å²) < 4.78 is 31.8. The molecular formula is C14H16ClN3O3S2. The second kappa shape index (κ2) is 7.95. The van der Waals surface area contributed by atoms with E-state index in [1.165, 1.54) is 22.5 Å². The summed E-state index contributed by atoms with van der Waals surface area (Å²) in [6.45, 7) is 1.69. The molecule has 0 atom stereocenters. The summed E-state index contributed by atoms with van der Waals surface area (Å²) >= 11 is 11.2. The lowest BCUT2D eigenvalue weighted by atomic mass is 10.3. The smallest absolute Gasteiger partial charge is 0.243 e. The van der Waals surface area contributed by atoms with Gasteiger partial charge in [-0.2, -0.15) is 4.31 Å². The Morgan fingerprint density at radius 1 is 1.43 bits per heavy atom. The molecule has 9 heteroatoms. The molecule has 2 N–H and O–H groups in total. The van der Waals surface area contributed by atoms with Crippen molar-refractivity contribution in [1.82, 2.24) is 9.62 Å². The Hall–Kier alpha value is -1.37. The minimum Gasteiger partial charge on any atom is -0.379 e. The Bertz CT molecular complexity index is 725. The van der Waals surface area contributed by atoms with Gasteiger partial charge in [0.25, 0.3) is 0 Å². The number of sulfonamides is 1. The van der Waals surface area contributed by atoms with Gasteiger partial charge >= 0.3 is 0 Å². The largest absolute Gasteiger partial charge is 0.379 e. The quantitative estimate of drug-likeness (QED) is 0.612. The van der Waals surface area contributed by atoms with E-state index in [-0.39, 0.29) is 16.6 Å². The Balaban J connectivity index is 2.22. The molecule has 6 nitrogen and oxygen atoms in total. The maximum absolute atomic E-state index is 12.6. The van der Waals surface area contributed by atoms with Gasteiger partial charge in [-0.15, -0.1) is 6.42 Å². The van der Waals surface area contributed by atoms with Crippen LogP contribution in [0, 0.1) is 12.3 Å². The van der Waals surface area contributed by atoms with Gasteiger partial charge in [-0.1, -0.05) is 17.5 Å². The standard InChI is InChI=1S/C14H16ClN3O3S2/c1-2-5-16-14(22)17-13-10-11(3-4-12(13)15)23(19,20)18-6-8-21-9-7-18/h1,3-4,10H,5-9H2,(H2,16,17,22). The summed E-state index contributed by atoms with van der Waals surface area (Å²) in [7, 11) is -3.60. The number of terminal acetylenes is 1. The summed E-state index contributed by atoms with van der Waals surface area (Å²) in [6.07, 6.45) is 5.14. The molecule has 2 rings (SSSR count). The molecular weight excluding hydrogens is 358 g/mol. The lowest BCUT2D eigenvalue weighted by Gasteiger charge is -2.26. The van der Waals surface area contributed by atoms with Crippen LogP contribution in [0.4, 0.5) is 5.69 Å². The van der Waals surface area contributed by atoms with Crippen molar-refractivity contribution >= 4 is 44.6 Å². The number of benzene rings is 1. The molecule has 0 aliphatic carbocycles. The van der Waals surface area contributed by atoms with Crippen molar-refractivity contribution in [2.45, 2.75) is 4.90 Å². The maximum atomic E-state index is 12.6. The molecule has 0 aromatic heterocycles. The monoisotopic (exact) mass is 373 g/mol. The van der Waals surface area contributed by atoms with E-state index >= 15 is 0 Å². The molecule has 0 saturated carbocycles. The number of anilines is 1. The van der Waals surface area contributed by atoms with Gasteiger partial charge in [0.05, 0.1) is 35.4 Å². The Kier molecular flexibility index (Phi) is 6.21. The first-order valence-corrected chi connectivity index (χ1v) is 9.03. The van der Waals surface area contributed by atoms with Crippen LogP contribution in [0.15, 0.2) is 23.1 Å². The van der Waals surface area contributed by atoms with Gasteiger partial charge in [0.15, 0.2) is 5.11 Å². The Morgan fingerprint density at radius 3 is 2.78 bits per heavy atom. The zero-order chi connectivity index (χ0) is 16.9. The van der Waals surface area contributed by atoms with Crippen molar-refractivity contribution in [2.24, 2.45) is 0 Å². The van der Waals surface area contributed by atoms with E-state index in [1.54, 1.807) is 0 Å². The van der Waals surface area contributed by atoms with Crippen molar-refractivity contribution < 1.29 is 13.2 Å². The van der Waals surface area contributed by atoms with Crippen LogP contribution >= 0.6 is 23.8 Å². The number of hydrogen-bond acceptors (Lipinski definition) is 4. The van der Waals surface area contributed by atoms with E-state index in [2.05, 4.69) is 16.6 Å². The fourth-order valence-electron chi connectivity index (χ4n) is 1.99. The van der Waals surface area contributed by atoms with Gasteiger partial charge in [-0.3, -0.25) is 0 Å². The third-order valence-corrected chi connectivity index (χ3v) is 5.62. The minimum atomic E-state index is -3.60. The van der Waals surface area contributed by atoms with E-state index in [9.17, 15) is 8.42 Å². The van der Waals surface area contributed by atoms with Crippen LogP contribution in [-0.4, -0.2) is 50.7 Å². The molecule has 1 saturated heterocycles. The van der Waals surface area contributed by atoms with Gasteiger partial charge in [0.2, 0.25) is 10.0 Å². The molecule has 23 heavy (non-hydrogen) atoms. The highest BCUT2D eigenvalue weighted by molar-refractivity contribution is 7.89. The normalized spacial score (nSPS) is 15.7. The Morgan fingerprint density at radius 2 is 2.13 bits per heavy atom. The van der Waals surface area contributed by atoms with Crippen LogP contribution in [-0.2, 0) is 14.8 Å². The lowest BCUT2D eigenvalue weighted by Crippen LogP contribution is -2.40. The summed E-state index contributed by atoms with van der Waals surface area (Å²) in [6, 6.07) is 4.44.